The van der Waals surface area contributed by atoms with E-state index in [0.717, 1.165) is 10.9 Å². The first-order valence-electron chi connectivity index (χ1n) is 14.7. The smallest absolute Gasteiger partial charge is 0.390 e. The third-order valence-electron chi connectivity index (χ3n) is 8.71. The second kappa shape index (κ2) is 11.7. The Morgan fingerprint density at radius 1 is 1.17 bits per heavy atom. The molecule has 4 aromatic rings. The van der Waals surface area contributed by atoms with Gasteiger partial charge in [-0.1, -0.05) is 11.6 Å². The van der Waals surface area contributed by atoms with Crippen LogP contribution in [0, 0.1) is 23.2 Å². The summed E-state index contributed by atoms with van der Waals surface area (Å²) in [7, 11) is 0. The fourth-order valence-corrected chi connectivity index (χ4v) is 6.56. The minimum Gasteiger partial charge on any atom is -0.390 e. The van der Waals surface area contributed by atoms with Crippen LogP contribution in [0.5, 0.6) is 0 Å². The van der Waals surface area contributed by atoms with Gasteiger partial charge in [-0.25, -0.2) is 14.8 Å². The molecule has 18 heteroatoms. The minimum atomic E-state index is -4.76. The van der Waals surface area contributed by atoms with Gasteiger partial charge in [0.25, 0.3) is 5.91 Å². The molecule has 3 aliphatic rings. The van der Waals surface area contributed by atoms with Gasteiger partial charge in [-0.3, -0.25) is 13.9 Å². The average Bonchev–Trinajstić information content (AvgIpc) is 3.60. The van der Waals surface area contributed by atoms with Gasteiger partial charge in [0.05, 0.1) is 46.3 Å². The van der Waals surface area contributed by atoms with E-state index in [1.807, 2.05) is 0 Å². The number of imidazole rings is 1. The molecule has 0 spiro atoms. The third-order valence-corrected chi connectivity index (χ3v) is 9.03. The number of nitriles is 1. The standard InChI is InChI=1S/C29H27ClF3N11O3/c30-19-7-14(1-2-15(19)27(46)40-23-16-11-42(12-17(16)23)28(47)39-20-8-35-10-22(20)45)38-25-26-37-9-21(44(26)6-4-36-25)18-13-43(5-3-34)41-24(18)29(31,32)33/h1-2,4,6-7,9,13,16-17,20,22-23,35,45H,5,8,10-12H2,(H,36,38)(H,39,47)(H,40,46)/t16-,17+,20-,22-,23+/m1/s1. The Hall–Kier alpha value is -4.92. The van der Waals surface area contributed by atoms with Crippen LogP contribution in [0.2, 0.25) is 5.02 Å². The van der Waals surface area contributed by atoms with Crippen LogP contribution in [0.25, 0.3) is 16.9 Å². The van der Waals surface area contributed by atoms with E-state index in [0.29, 0.717) is 31.9 Å². The summed E-state index contributed by atoms with van der Waals surface area (Å²) in [6.45, 7) is 1.61. The van der Waals surface area contributed by atoms with E-state index in [4.69, 9.17) is 16.9 Å². The number of likely N-dealkylation sites (tertiary alicyclic amines) is 1. The Labute approximate surface area is 269 Å². The fraction of sp³-hybridized carbons (Fsp3) is 0.379. The van der Waals surface area contributed by atoms with Crippen molar-refractivity contribution in [3.63, 3.8) is 0 Å². The summed E-state index contributed by atoms with van der Waals surface area (Å²) in [5.41, 5.74) is -0.346. The molecule has 5 atom stereocenters. The lowest BCUT2D eigenvalue weighted by molar-refractivity contribution is -0.141. The van der Waals surface area contributed by atoms with Gasteiger partial charge in [0.15, 0.2) is 17.2 Å². The summed E-state index contributed by atoms with van der Waals surface area (Å²) in [5, 5.41) is 34.5. The first-order valence-corrected chi connectivity index (χ1v) is 15.1. The number of hydrogen-bond donors (Lipinski definition) is 5. The molecule has 7 rings (SSSR count). The van der Waals surface area contributed by atoms with Crippen LogP contribution >= 0.6 is 11.6 Å². The number of alkyl halides is 3. The van der Waals surface area contributed by atoms with Gasteiger partial charge in [0.2, 0.25) is 0 Å². The van der Waals surface area contributed by atoms with Gasteiger partial charge < -0.3 is 31.3 Å². The van der Waals surface area contributed by atoms with E-state index in [1.165, 1.54) is 29.1 Å². The van der Waals surface area contributed by atoms with Crippen molar-refractivity contribution in [3.8, 4) is 17.3 Å². The molecule has 2 aliphatic heterocycles. The molecule has 5 heterocycles. The van der Waals surface area contributed by atoms with Crippen LogP contribution in [0.4, 0.5) is 29.5 Å². The number of piperidine rings is 1. The molecule has 1 aliphatic carbocycles. The lowest BCUT2D eigenvalue weighted by atomic mass is 10.2. The minimum absolute atomic E-state index is 0.0829. The van der Waals surface area contributed by atoms with Gasteiger partial charge in [0, 0.05) is 68.3 Å². The summed E-state index contributed by atoms with van der Waals surface area (Å²) in [6, 6.07) is 5.85. The molecule has 0 unspecified atom stereocenters. The van der Waals surface area contributed by atoms with Gasteiger partial charge >= 0.3 is 12.2 Å². The summed E-state index contributed by atoms with van der Waals surface area (Å²) in [5.74, 6) is 0.139. The number of hydrogen-bond acceptors (Lipinski definition) is 9. The number of aliphatic hydroxyl groups is 1. The van der Waals surface area contributed by atoms with E-state index in [-0.39, 0.29) is 75.7 Å². The van der Waals surface area contributed by atoms with E-state index in [1.54, 1.807) is 23.1 Å². The largest absolute Gasteiger partial charge is 0.435 e. The zero-order valence-electron chi connectivity index (χ0n) is 24.4. The van der Waals surface area contributed by atoms with Crippen molar-refractivity contribution in [3.05, 3.63) is 59.3 Å². The number of aromatic nitrogens is 5. The number of amides is 3. The number of anilines is 2. The van der Waals surface area contributed by atoms with Crippen molar-refractivity contribution < 1.29 is 27.9 Å². The Kier molecular flexibility index (Phi) is 7.65. The highest BCUT2D eigenvalue weighted by Crippen LogP contribution is 2.46. The number of β-amino-alcohol motifs (C(OH)–C–C–N with tert-alkyl or cyclic N) is 1. The molecule has 5 N–H and O–H groups in total. The summed E-state index contributed by atoms with van der Waals surface area (Å²) in [6.07, 6.45) is -0.111. The Balaban J connectivity index is 1.01. The van der Waals surface area contributed by atoms with Crippen molar-refractivity contribution in [1.82, 2.24) is 45.0 Å². The highest BCUT2D eigenvalue weighted by Gasteiger charge is 2.57. The predicted octanol–water partition coefficient (Wildman–Crippen LogP) is 2.23. The van der Waals surface area contributed by atoms with Crippen molar-refractivity contribution in [2.45, 2.75) is 30.9 Å². The lowest BCUT2D eigenvalue weighted by Crippen LogP contribution is -2.49. The maximum absolute atomic E-state index is 13.8. The molecule has 0 radical (unpaired) electrons. The second-order valence-corrected chi connectivity index (χ2v) is 12.1. The third kappa shape index (κ3) is 5.79. The molecule has 14 nitrogen and oxygen atoms in total. The van der Waals surface area contributed by atoms with E-state index >= 15 is 0 Å². The number of fused-ring (bicyclic) bond motifs is 2. The van der Waals surface area contributed by atoms with E-state index in [9.17, 15) is 27.9 Å². The van der Waals surface area contributed by atoms with Gasteiger partial charge in [0.1, 0.15) is 6.54 Å². The lowest BCUT2D eigenvalue weighted by Gasteiger charge is -2.24. The molecular formula is C29H27ClF3N11O3. The maximum Gasteiger partial charge on any atom is 0.435 e. The molecule has 3 fully saturated rings. The number of aliphatic hydroxyl groups excluding tert-OH is 1. The molecule has 47 heavy (non-hydrogen) atoms. The second-order valence-electron chi connectivity index (χ2n) is 11.7. The Morgan fingerprint density at radius 2 is 1.96 bits per heavy atom. The van der Waals surface area contributed by atoms with Crippen LogP contribution in [0.15, 0.2) is 43.0 Å². The quantitative estimate of drug-likeness (QED) is 0.197. The number of carbonyl (C=O) groups excluding carboxylic acids is 2. The Morgan fingerprint density at radius 3 is 2.64 bits per heavy atom. The van der Waals surface area contributed by atoms with Gasteiger partial charge in [-0.15, -0.1) is 0 Å². The number of benzene rings is 1. The number of urea groups is 1. The zero-order valence-corrected chi connectivity index (χ0v) is 25.1. The molecule has 244 valence electrons. The summed E-state index contributed by atoms with van der Waals surface area (Å²) < 4.78 is 43.6. The SMILES string of the molecule is N#CCn1cc(-c2cnc3c(Nc4ccc(C(=O)N[C@H]5[C@@H]6CN(C(=O)N[C@@H]7CNC[C@H]7O)C[C@@H]65)c(Cl)c4)nccn23)c(C(F)(F)F)n1. The van der Waals surface area contributed by atoms with Crippen LogP contribution in [-0.2, 0) is 12.7 Å². The average molecular weight is 670 g/mol. The van der Waals surface area contributed by atoms with Gasteiger partial charge in [-0.2, -0.15) is 23.5 Å². The molecule has 3 amide bonds. The number of carbonyl (C=O) groups is 2. The van der Waals surface area contributed by atoms with E-state index < -0.39 is 18.0 Å². The van der Waals surface area contributed by atoms with Crippen molar-refractivity contribution in [1.29, 1.82) is 5.26 Å². The van der Waals surface area contributed by atoms with Crippen LogP contribution in [-0.4, -0.2) is 90.5 Å². The van der Waals surface area contributed by atoms with Crippen LogP contribution in [0.1, 0.15) is 16.1 Å². The zero-order chi connectivity index (χ0) is 33.0. The number of rotatable bonds is 7. The van der Waals surface area contributed by atoms with Crippen molar-refractivity contribution >= 4 is 40.7 Å². The summed E-state index contributed by atoms with van der Waals surface area (Å²) in [4.78, 5) is 35.9. The Bertz CT molecular complexity index is 1910. The molecule has 1 aromatic carbocycles. The molecule has 3 aromatic heterocycles. The number of halogens is 4. The number of nitrogens with zero attached hydrogens (tertiary/aromatic N) is 7. The molecule has 1 saturated carbocycles. The predicted molar refractivity (Wildman–Crippen MR) is 161 cm³/mol. The van der Waals surface area contributed by atoms with E-state index in [2.05, 4.69) is 36.3 Å². The topological polar surface area (TPSA) is 178 Å². The van der Waals surface area contributed by atoms with Crippen LogP contribution in [0.3, 0.4) is 0 Å². The first-order chi connectivity index (χ1) is 22.5. The number of nitrogens with one attached hydrogen (secondary N) is 4. The monoisotopic (exact) mass is 669 g/mol. The molecule has 0 bridgehead atoms. The highest BCUT2D eigenvalue weighted by molar-refractivity contribution is 6.34. The normalized spacial score (nSPS) is 23.4. The van der Waals surface area contributed by atoms with Crippen molar-refractivity contribution in [2.24, 2.45) is 11.8 Å². The summed E-state index contributed by atoms with van der Waals surface area (Å²) >= 11 is 6.50. The maximum atomic E-state index is 13.8. The fourth-order valence-electron chi connectivity index (χ4n) is 6.29. The van der Waals surface area contributed by atoms with Crippen molar-refractivity contribution in [2.75, 3.05) is 31.5 Å². The molecule has 2 saturated heterocycles. The highest BCUT2D eigenvalue weighted by atomic mass is 35.5. The van der Waals surface area contributed by atoms with Gasteiger partial charge in [-0.05, 0) is 18.2 Å². The first kappa shape index (κ1) is 30.7. The van der Waals surface area contributed by atoms with Crippen LogP contribution < -0.4 is 21.3 Å². The molecular weight excluding hydrogens is 643 g/mol.